The van der Waals surface area contributed by atoms with Gasteiger partial charge in [-0.3, -0.25) is 14.9 Å². The van der Waals surface area contributed by atoms with Gasteiger partial charge in [0.25, 0.3) is 11.6 Å². The molecule has 0 radical (unpaired) electrons. The maximum Gasteiger partial charge on any atom is 0.339 e. The third kappa shape index (κ3) is 4.88. The third-order valence-corrected chi connectivity index (χ3v) is 4.51. The first kappa shape index (κ1) is 20.7. The van der Waals surface area contributed by atoms with Gasteiger partial charge in [0.15, 0.2) is 0 Å². The molecule has 3 aromatic carbocycles. The van der Waals surface area contributed by atoms with Crippen LogP contribution in [0.5, 0.6) is 0 Å². The number of benzene rings is 3. The van der Waals surface area contributed by atoms with Gasteiger partial charge in [-0.05, 0) is 37.1 Å². The highest BCUT2D eigenvalue weighted by Crippen LogP contribution is 2.24. The zero-order valence-electron chi connectivity index (χ0n) is 16.5. The highest BCUT2D eigenvalue weighted by atomic mass is 16.6. The molecule has 0 saturated heterocycles. The van der Waals surface area contributed by atoms with Gasteiger partial charge in [0.1, 0.15) is 0 Å². The van der Waals surface area contributed by atoms with Gasteiger partial charge in [-0.25, -0.2) is 4.79 Å². The minimum atomic E-state index is -1.22. The molecule has 0 aliphatic rings. The number of ether oxygens (including phenoxy) is 1. The molecule has 7 nitrogen and oxygen atoms in total. The number of esters is 1. The van der Waals surface area contributed by atoms with E-state index < -0.39 is 22.9 Å². The smallest absolute Gasteiger partial charge is 0.339 e. The van der Waals surface area contributed by atoms with E-state index >= 15 is 0 Å². The van der Waals surface area contributed by atoms with Crippen molar-refractivity contribution in [3.05, 3.63) is 105 Å². The SMILES string of the molecule is Cc1ccc(C)c(NC(=O)[C@H](OC(=O)c2cccc([N+](=O)[O-])c2)c2ccccc2)c1. The normalized spacial score (nSPS) is 11.4. The Kier molecular flexibility index (Phi) is 6.22. The number of nitrogens with zero attached hydrogens (tertiary/aromatic N) is 1. The highest BCUT2D eigenvalue weighted by molar-refractivity contribution is 5.98. The van der Waals surface area contributed by atoms with Crippen molar-refractivity contribution in [2.24, 2.45) is 0 Å². The van der Waals surface area contributed by atoms with Gasteiger partial charge in [0.2, 0.25) is 6.10 Å². The lowest BCUT2D eigenvalue weighted by Gasteiger charge is -2.19. The zero-order chi connectivity index (χ0) is 21.7. The minimum absolute atomic E-state index is 0.00957. The molecule has 3 rings (SSSR count). The first-order valence-electron chi connectivity index (χ1n) is 9.23. The Morgan fingerprint density at radius 2 is 1.70 bits per heavy atom. The van der Waals surface area contributed by atoms with E-state index in [9.17, 15) is 19.7 Å². The summed E-state index contributed by atoms with van der Waals surface area (Å²) in [4.78, 5) is 36.1. The zero-order valence-corrected chi connectivity index (χ0v) is 16.5. The molecule has 1 atom stereocenters. The number of carbonyl (C=O) groups is 2. The predicted molar refractivity (Wildman–Crippen MR) is 112 cm³/mol. The number of hydrogen-bond acceptors (Lipinski definition) is 5. The molecule has 0 spiro atoms. The van der Waals surface area contributed by atoms with E-state index in [-0.39, 0.29) is 11.3 Å². The van der Waals surface area contributed by atoms with Crippen LogP contribution in [-0.2, 0) is 9.53 Å². The summed E-state index contributed by atoms with van der Waals surface area (Å²) in [6, 6.07) is 19.4. The molecule has 0 aliphatic carbocycles. The summed E-state index contributed by atoms with van der Waals surface area (Å²) < 4.78 is 5.49. The van der Waals surface area contributed by atoms with Crippen LogP contribution in [-0.4, -0.2) is 16.8 Å². The largest absolute Gasteiger partial charge is 0.444 e. The van der Waals surface area contributed by atoms with Crippen LogP contribution in [0.3, 0.4) is 0 Å². The number of amides is 1. The van der Waals surface area contributed by atoms with Crippen LogP contribution in [0.15, 0.2) is 72.8 Å². The summed E-state index contributed by atoms with van der Waals surface area (Å²) in [6.07, 6.45) is -1.22. The van der Waals surface area contributed by atoms with Crippen molar-refractivity contribution in [2.45, 2.75) is 20.0 Å². The Morgan fingerprint density at radius 3 is 2.40 bits per heavy atom. The molecule has 0 saturated carbocycles. The fraction of sp³-hybridized carbons (Fsp3) is 0.130. The number of carbonyl (C=O) groups excluding carboxylic acids is 2. The van der Waals surface area contributed by atoms with E-state index in [1.54, 1.807) is 30.3 Å². The van der Waals surface area contributed by atoms with E-state index in [1.807, 2.05) is 32.0 Å². The minimum Gasteiger partial charge on any atom is -0.444 e. The maximum atomic E-state index is 13.0. The molecule has 7 heteroatoms. The summed E-state index contributed by atoms with van der Waals surface area (Å²) in [6.45, 7) is 3.77. The Morgan fingerprint density at radius 1 is 0.967 bits per heavy atom. The van der Waals surface area contributed by atoms with Crippen molar-refractivity contribution >= 4 is 23.3 Å². The molecular weight excluding hydrogens is 384 g/mol. The highest BCUT2D eigenvalue weighted by Gasteiger charge is 2.26. The fourth-order valence-corrected chi connectivity index (χ4v) is 2.89. The average Bonchev–Trinajstić information content (AvgIpc) is 2.75. The van der Waals surface area contributed by atoms with Crippen LogP contribution in [0, 0.1) is 24.0 Å². The third-order valence-electron chi connectivity index (χ3n) is 4.51. The van der Waals surface area contributed by atoms with Crippen LogP contribution in [0.4, 0.5) is 11.4 Å². The standard InChI is InChI=1S/C23H20N2O5/c1-15-11-12-16(2)20(13-15)24-22(26)21(17-7-4-3-5-8-17)30-23(27)18-9-6-10-19(14-18)25(28)29/h3-14,21H,1-2H3,(H,24,26)/t21-/m1/s1. The second kappa shape index (κ2) is 9.00. The van der Waals surface area contributed by atoms with Crippen LogP contribution >= 0.6 is 0 Å². The second-order valence-corrected chi connectivity index (χ2v) is 6.81. The number of nitrogens with one attached hydrogen (secondary N) is 1. The average molecular weight is 404 g/mol. The van der Waals surface area contributed by atoms with Crippen LogP contribution < -0.4 is 5.32 Å². The van der Waals surface area contributed by atoms with Crippen molar-refractivity contribution < 1.29 is 19.2 Å². The lowest BCUT2D eigenvalue weighted by molar-refractivity contribution is -0.384. The number of anilines is 1. The molecule has 0 aromatic heterocycles. The Balaban J connectivity index is 1.89. The predicted octanol–water partition coefficient (Wildman–Crippen LogP) is 4.75. The van der Waals surface area contributed by atoms with Crippen molar-refractivity contribution in [1.82, 2.24) is 0 Å². The monoisotopic (exact) mass is 404 g/mol. The fourth-order valence-electron chi connectivity index (χ4n) is 2.89. The molecule has 1 amide bonds. The van der Waals surface area contributed by atoms with Crippen molar-refractivity contribution in [1.29, 1.82) is 0 Å². The lowest BCUT2D eigenvalue weighted by atomic mass is 10.1. The second-order valence-electron chi connectivity index (χ2n) is 6.81. The van der Waals surface area contributed by atoms with Gasteiger partial charge in [0.05, 0.1) is 10.5 Å². The van der Waals surface area contributed by atoms with Crippen LogP contribution in [0.25, 0.3) is 0 Å². The molecule has 0 aliphatic heterocycles. The summed E-state index contributed by atoms with van der Waals surface area (Å²) >= 11 is 0. The molecule has 0 bridgehead atoms. The van der Waals surface area contributed by atoms with Crippen LogP contribution in [0.1, 0.15) is 33.2 Å². The van der Waals surface area contributed by atoms with E-state index in [1.165, 1.54) is 18.2 Å². The first-order chi connectivity index (χ1) is 14.3. The van der Waals surface area contributed by atoms with E-state index in [0.29, 0.717) is 11.3 Å². The summed E-state index contributed by atoms with van der Waals surface area (Å²) in [5.41, 5.74) is 2.70. The van der Waals surface area contributed by atoms with Crippen molar-refractivity contribution in [3.63, 3.8) is 0 Å². The number of non-ortho nitro benzene ring substituents is 1. The molecule has 0 heterocycles. The number of nitro groups is 1. The van der Waals surface area contributed by atoms with Gasteiger partial charge >= 0.3 is 5.97 Å². The summed E-state index contributed by atoms with van der Waals surface area (Å²) in [5, 5.41) is 13.8. The Hall–Kier alpha value is -4.00. The van der Waals surface area contributed by atoms with Gasteiger partial charge < -0.3 is 10.1 Å². The lowest BCUT2D eigenvalue weighted by Crippen LogP contribution is -2.26. The number of nitro benzene ring substituents is 1. The molecule has 1 N–H and O–H groups in total. The maximum absolute atomic E-state index is 13.0. The summed E-state index contributed by atoms with van der Waals surface area (Å²) in [7, 11) is 0. The molecule has 0 unspecified atom stereocenters. The number of aryl methyl sites for hydroxylation is 2. The van der Waals surface area contributed by atoms with Gasteiger partial charge in [-0.15, -0.1) is 0 Å². The van der Waals surface area contributed by atoms with E-state index in [4.69, 9.17) is 4.74 Å². The van der Waals surface area contributed by atoms with Crippen molar-refractivity contribution in [2.75, 3.05) is 5.32 Å². The molecule has 152 valence electrons. The van der Waals surface area contributed by atoms with Crippen LogP contribution in [0.2, 0.25) is 0 Å². The first-order valence-corrected chi connectivity index (χ1v) is 9.23. The topological polar surface area (TPSA) is 98.5 Å². The molecule has 0 fully saturated rings. The number of hydrogen-bond donors (Lipinski definition) is 1. The molecule has 3 aromatic rings. The van der Waals surface area contributed by atoms with Gasteiger partial charge in [-0.1, -0.05) is 48.5 Å². The van der Waals surface area contributed by atoms with Gasteiger partial charge in [0, 0.05) is 23.4 Å². The molecular formula is C23H20N2O5. The van der Waals surface area contributed by atoms with Gasteiger partial charge in [-0.2, -0.15) is 0 Å². The molecule has 30 heavy (non-hydrogen) atoms. The Bertz CT molecular complexity index is 1100. The van der Waals surface area contributed by atoms with E-state index in [2.05, 4.69) is 5.32 Å². The van der Waals surface area contributed by atoms with E-state index in [0.717, 1.165) is 17.2 Å². The summed E-state index contributed by atoms with van der Waals surface area (Å²) in [5.74, 6) is -1.35. The number of rotatable bonds is 6. The Labute approximate surface area is 173 Å². The van der Waals surface area contributed by atoms with Crippen molar-refractivity contribution in [3.8, 4) is 0 Å². The quantitative estimate of drug-likeness (QED) is 0.363.